The van der Waals surface area contributed by atoms with Crippen LogP contribution in [0.5, 0.6) is 0 Å². The maximum absolute atomic E-state index is 9.36. The standard InChI is InChI=1S/C7H14O5/c1-10-3-4-5(8)6(9)7(11-2)12-4/h4-9H,3H2,1-2H3/t4-,5+,6+,7+/m1/s1. The van der Waals surface area contributed by atoms with Crippen LogP contribution in [0.2, 0.25) is 0 Å². The quantitative estimate of drug-likeness (QED) is 0.563. The fourth-order valence-electron chi connectivity index (χ4n) is 1.21. The molecule has 4 atom stereocenters. The van der Waals surface area contributed by atoms with Gasteiger partial charge in [-0.15, -0.1) is 0 Å². The van der Waals surface area contributed by atoms with Gasteiger partial charge in [-0.3, -0.25) is 0 Å². The fourth-order valence-corrected chi connectivity index (χ4v) is 1.21. The smallest absolute Gasteiger partial charge is 0.186 e. The summed E-state index contributed by atoms with van der Waals surface area (Å²) in [7, 11) is 2.92. The van der Waals surface area contributed by atoms with Crippen LogP contribution in [0.4, 0.5) is 0 Å². The number of ether oxygens (including phenoxy) is 3. The molecule has 5 nitrogen and oxygen atoms in total. The van der Waals surface area contributed by atoms with E-state index in [0.717, 1.165) is 0 Å². The molecule has 0 unspecified atom stereocenters. The molecule has 12 heavy (non-hydrogen) atoms. The second-order valence-electron chi connectivity index (χ2n) is 2.72. The first-order valence-electron chi connectivity index (χ1n) is 3.74. The molecule has 0 bridgehead atoms. The zero-order chi connectivity index (χ0) is 9.14. The first kappa shape index (κ1) is 9.88. The second kappa shape index (κ2) is 4.15. The van der Waals surface area contributed by atoms with Crippen molar-refractivity contribution < 1.29 is 24.4 Å². The van der Waals surface area contributed by atoms with Gasteiger partial charge in [0.05, 0.1) is 6.61 Å². The molecule has 1 aliphatic heterocycles. The van der Waals surface area contributed by atoms with Crippen LogP contribution in [0.1, 0.15) is 0 Å². The number of aliphatic hydroxyl groups excluding tert-OH is 2. The molecule has 0 radical (unpaired) electrons. The summed E-state index contributed by atoms with van der Waals surface area (Å²) < 4.78 is 14.7. The Morgan fingerprint density at radius 2 is 1.92 bits per heavy atom. The topological polar surface area (TPSA) is 68.2 Å². The van der Waals surface area contributed by atoms with Crippen molar-refractivity contribution in [3.05, 3.63) is 0 Å². The Hall–Kier alpha value is -0.200. The summed E-state index contributed by atoms with van der Waals surface area (Å²) in [6, 6.07) is 0. The van der Waals surface area contributed by atoms with E-state index in [1.165, 1.54) is 14.2 Å². The van der Waals surface area contributed by atoms with Gasteiger partial charge in [-0.05, 0) is 0 Å². The predicted molar refractivity (Wildman–Crippen MR) is 39.6 cm³/mol. The largest absolute Gasteiger partial charge is 0.387 e. The van der Waals surface area contributed by atoms with E-state index in [0.29, 0.717) is 0 Å². The van der Waals surface area contributed by atoms with Crippen molar-refractivity contribution in [3.8, 4) is 0 Å². The van der Waals surface area contributed by atoms with Crippen molar-refractivity contribution in [1.82, 2.24) is 0 Å². The predicted octanol–water partition coefficient (Wildman–Crippen LogP) is -1.27. The summed E-state index contributed by atoms with van der Waals surface area (Å²) in [4.78, 5) is 0. The van der Waals surface area contributed by atoms with Crippen LogP contribution in [0.3, 0.4) is 0 Å². The molecule has 5 heteroatoms. The van der Waals surface area contributed by atoms with Gasteiger partial charge in [0.1, 0.15) is 18.3 Å². The Bertz CT molecular complexity index is 140. The van der Waals surface area contributed by atoms with E-state index >= 15 is 0 Å². The molecular weight excluding hydrogens is 164 g/mol. The Balaban J connectivity index is 2.48. The average molecular weight is 178 g/mol. The van der Waals surface area contributed by atoms with E-state index in [-0.39, 0.29) is 6.61 Å². The van der Waals surface area contributed by atoms with Crippen LogP contribution in [0.25, 0.3) is 0 Å². The zero-order valence-electron chi connectivity index (χ0n) is 7.14. The van der Waals surface area contributed by atoms with E-state index in [9.17, 15) is 10.2 Å². The molecule has 1 rings (SSSR count). The van der Waals surface area contributed by atoms with E-state index in [1.54, 1.807) is 0 Å². The van der Waals surface area contributed by atoms with Gasteiger partial charge in [-0.25, -0.2) is 0 Å². The van der Waals surface area contributed by atoms with Gasteiger partial charge < -0.3 is 24.4 Å². The molecule has 0 spiro atoms. The first-order chi connectivity index (χ1) is 5.70. The average Bonchev–Trinajstić information content (AvgIpc) is 2.33. The first-order valence-corrected chi connectivity index (χ1v) is 3.74. The van der Waals surface area contributed by atoms with Gasteiger partial charge in [-0.2, -0.15) is 0 Å². The highest BCUT2D eigenvalue weighted by molar-refractivity contribution is 4.86. The molecule has 0 aromatic carbocycles. The lowest BCUT2D eigenvalue weighted by atomic mass is 10.1. The number of rotatable bonds is 3. The van der Waals surface area contributed by atoms with Crippen molar-refractivity contribution in [2.75, 3.05) is 20.8 Å². The summed E-state index contributed by atoms with van der Waals surface area (Å²) in [6.07, 6.45) is -3.18. The molecule has 1 aliphatic rings. The summed E-state index contributed by atoms with van der Waals surface area (Å²) >= 11 is 0. The number of hydrogen-bond acceptors (Lipinski definition) is 5. The van der Waals surface area contributed by atoms with E-state index < -0.39 is 24.6 Å². The Labute approximate surface area is 70.9 Å². The number of methoxy groups -OCH3 is 2. The normalized spacial score (nSPS) is 42.0. The Morgan fingerprint density at radius 3 is 2.33 bits per heavy atom. The fraction of sp³-hybridized carbons (Fsp3) is 1.00. The Morgan fingerprint density at radius 1 is 1.25 bits per heavy atom. The lowest BCUT2D eigenvalue weighted by Gasteiger charge is -2.11. The van der Waals surface area contributed by atoms with Gasteiger partial charge in [0, 0.05) is 14.2 Å². The zero-order valence-corrected chi connectivity index (χ0v) is 7.14. The molecule has 0 amide bonds. The molecule has 0 aromatic rings. The van der Waals surface area contributed by atoms with Crippen molar-refractivity contribution in [2.24, 2.45) is 0 Å². The van der Waals surface area contributed by atoms with Gasteiger partial charge >= 0.3 is 0 Å². The van der Waals surface area contributed by atoms with Crippen LogP contribution in [0.15, 0.2) is 0 Å². The van der Waals surface area contributed by atoms with Crippen molar-refractivity contribution in [3.63, 3.8) is 0 Å². The number of aliphatic hydroxyl groups is 2. The Kier molecular flexibility index (Phi) is 3.42. The molecule has 0 aromatic heterocycles. The van der Waals surface area contributed by atoms with E-state index in [4.69, 9.17) is 14.2 Å². The van der Waals surface area contributed by atoms with Crippen LogP contribution in [0, 0.1) is 0 Å². The van der Waals surface area contributed by atoms with Crippen LogP contribution < -0.4 is 0 Å². The molecule has 1 saturated heterocycles. The third-order valence-corrected chi connectivity index (χ3v) is 1.88. The lowest BCUT2D eigenvalue weighted by molar-refractivity contribution is -0.154. The summed E-state index contributed by atoms with van der Waals surface area (Å²) in [5, 5.41) is 18.7. The van der Waals surface area contributed by atoms with Crippen molar-refractivity contribution in [2.45, 2.75) is 24.6 Å². The van der Waals surface area contributed by atoms with E-state index in [2.05, 4.69) is 0 Å². The van der Waals surface area contributed by atoms with Crippen molar-refractivity contribution >= 4 is 0 Å². The molecule has 0 saturated carbocycles. The minimum absolute atomic E-state index is 0.248. The number of hydrogen-bond donors (Lipinski definition) is 2. The minimum Gasteiger partial charge on any atom is -0.387 e. The third-order valence-electron chi connectivity index (χ3n) is 1.88. The highest BCUT2D eigenvalue weighted by Crippen LogP contribution is 2.21. The molecular formula is C7H14O5. The monoisotopic (exact) mass is 178 g/mol. The van der Waals surface area contributed by atoms with E-state index in [1.807, 2.05) is 0 Å². The van der Waals surface area contributed by atoms with Gasteiger partial charge in [0.2, 0.25) is 0 Å². The SMILES string of the molecule is COC[C@H]1O[C@H](OC)[C@@H](O)[C@H]1O. The highest BCUT2D eigenvalue weighted by Gasteiger charge is 2.42. The van der Waals surface area contributed by atoms with Crippen molar-refractivity contribution in [1.29, 1.82) is 0 Å². The maximum atomic E-state index is 9.36. The maximum Gasteiger partial charge on any atom is 0.186 e. The highest BCUT2D eigenvalue weighted by atomic mass is 16.7. The third kappa shape index (κ3) is 1.75. The van der Waals surface area contributed by atoms with Crippen LogP contribution in [-0.4, -0.2) is 55.6 Å². The minimum atomic E-state index is -0.991. The van der Waals surface area contributed by atoms with Gasteiger partial charge in [0.15, 0.2) is 6.29 Å². The molecule has 1 fully saturated rings. The second-order valence-corrected chi connectivity index (χ2v) is 2.72. The summed E-state index contributed by atoms with van der Waals surface area (Å²) in [5.41, 5.74) is 0. The van der Waals surface area contributed by atoms with Gasteiger partial charge in [0.25, 0.3) is 0 Å². The van der Waals surface area contributed by atoms with Crippen LogP contribution >= 0.6 is 0 Å². The van der Waals surface area contributed by atoms with Crippen LogP contribution in [-0.2, 0) is 14.2 Å². The summed E-state index contributed by atoms with van der Waals surface area (Å²) in [5.74, 6) is 0. The molecule has 2 N–H and O–H groups in total. The molecule has 0 aliphatic carbocycles. The van der Waals surface area contributed by atoms with Gasteiger partial charge in [-0.1, -0.05) is 0 Å². The molecule has 1 heterocycles. The summed E-state index contributed by atoms with van der Waals surface area (Å²) in [6.45, 7) is 0.248. The molecule has 72 valence electrons. The lowest BCUT2D eigenvalue weighted by Crippen LogP contribution is -2.34.